The smallest absolute Gasteiger partial charge is 0.325 e. The minimum absolute atomic E-state index is 0.0258. The number of hydrogen-bond donors (Lipinski definition) is 1. The largest absolute Gasteiger partial charge is 0.494 e. The average Bonchev–Trinajstić information content (AvgIpc) is 2.60. The summed E-state index contributed by atoms with van der Waals surface area (Å²) >= 11 is 0. The number of esters is 1. The Labute approximate surface area is 139 Å². The van der Waals surface area contributed by atoms with E-state index in [0.717, 1.165) is 0 Å². The molecule has 0 saturated heterocycles. The number of hydrogen-bond acceptors (Lipinski definition) is 4. The van der Waals surface area contributed by atoms with E-state index in [0.29, 0.717) is 23.5 Å². The molecule has 0 spiro atoms. The summed E-state index contributed by atoms with van der Waals surface area (Å²) in [6, 6.07) is 12.2. The first-order valence-electron chi connectivity index (χ1n) is 7.49. The third-order valence-electron chi connectivity index (χ3n) is 3.13. The predicted octanol–water partition coefficient (Wildman–Crippen LogP) is 2.70. The molecule has 0 fully saturated rings. The number of carbonyl (C=O) groups excluding carboxylic acids is 2. The minimum Gasteiger partial charge on any atom is -0.494 e. The van der Waals surface area contributed by atoms with E-state index in [2.05, 4.69) is 5.32 Å². The molecule has 126 valence electrons. The monoisotopic (exact) mass is 331 g/mol. The highest BCUT2D eigenvalue weighted by atomic mass is 19.1. The van der Waals surface area contributed by atoms with Gasteiger partial charge in [0.05, 0.1) is 6.61 Å². The van der Waals surface area contributed by atoms with Crippen molar-refractivity contribution >= 4 is 11.9 Å². The van der Waals surface area contributed by atoms with Crippen LogP contribution in [0.25, 0.3) is 0 Å². The zero-order valence-corrected chi connectivity index (χ0v) is 13.3. The summed E-state index contributed by atoms with van der Waals surface area (Å²) in [6.07, 6.45) is 0. The average molecular weight is 331 g/mol. The van der Waals surface area contributed by atoms with Gasteiger partial charge in [-0.25, -0.2) is 4.39 Å². The number of halogens is 1. The molecule has 0 heterocycles. The Morgan fingerprint density at radius 3 is 2.33 bits per heavy atom. The molecule has 0 unspecified atom stereocenters. The first kappa shape index (κ1) is 17.5. The van der Waals surface area contributed by atoms with Crippen LogP contribution in [-0.2, 0) is 16.1 Å². The van der Waals surface area contributed by atoms with Crippen LogP contribution in [-0.4, -0.2) is 25.0 Å². The molecule has 5 nitrogen and oxygen atoms in total. The normalized spacial score (nSPS) is 10.1. The summed E-state index contributed by atoms with van der Waals surface area (Å²) in [6.45, 7) is 2.20. The molecule has 0 saturated carbocycles. The molecule has 0 aromatic heterocycles. The number of amides is 1. The molecule has 0 aliphatic rings. The van der Waals surface area contributed by atoms with Crippen LogP contribution in [0.1, 0.15) is 22.8 Å². The maximum atomic E-state index is 12.8. The van der Waals surface area contributed by atoms with E-state index in [-0.39, 0.29) is 24.9 Å². The maximum Gasteiger partial charge on any atom is 0.325 e. The van der Waals surface area contributed by atoms with E-state index in [1.807, 2.05) is 6.92 Å². The van der Waals surface area contributed by atoms with E-state index < -0.39 is 5.97 Å². The van der Waals surface area contributed by atoms with Crippen molar-refractivity contribution < 1.29 is 23.5 Å². The number of nitrogens with one attached hydrogen (secondary N) is 1. The van der Waals surface area contributed by atoms with Gasteiger partial charge in [0, 0.05) is 5.56 Å². The molecule has 2 aromatic rings. The van der Waals surface area contributed by atoms with E-state index in [1.54, 1.807) is 24.3 Å². The second-order valence-electron chi connectivity index (χ2n) is 4.93. The molecule has 2 rings (SSSR count). The first-order chi connectivity index (χ1) is 11.6. The van der Waals surface area contributed by atoms with Gasteiger partial charge >= 0.3 is 5.97 Å². The molecule has 0 radical (unpaired) electrons. The molecular weight excluding hydrogens is 313 g/mol. The van der Waals surface area contributed by atoms with E-state index in [9.17, 15) is 14.0 Å². The Kier molecular flexibility index (Phi) is 6.31. The summed E-state index contributed by atoms with van der Waals surface area (Å²) in [5.74, 6) is -0.629. The number of ether oxygens (including phenoxy) is 2. The molecule has 6 heteroatoms. The Hall–Kier alpha value is -2.89. The van der Waals surface area contributed by atoms with Gasteiger partial charge in [-0.3, -0.25) is 9.59 Å². The topological polar surface area (TPSA) is 64.6 Å². The molecular formula is C18H18FNO4. The lowest BCUT2D eigenvalue weighted by molar-refractivity contribution is -0.143. The first-order valence-corrected chi connectivity index (χ1v) is 7.49. The van der Waals surface area contributed by atoms with Gasteiger partial charge in [-0.2, -0.15) is 0 Å². The fraction of sp³-hybridized carbons (Fsp3) is 0.222. The van der Waals surface area contributed by atoms with Gasteiger partial charge in [0.2, 0.25) is 0 Å². The van der Waals surface area contributed by atoms with Gasteiger partial charge in [-0.15, -0.1) is 0 Å². The lowest BCUT2D eigenvalue weighted by Gasteiger charge is -2.07. The van der Waals surface area contributed by atoms with Gasteiger partial charge in [-0.1, -0.05) is 12.1 Å². The van der Waals surface area contributed by atoms with Crippen molar-refractivity contribution in [3.05, 3.63) is 65.5 Å². The molecule has 0 aliphatic heterocycles. The molecule has 1 amide bonds. The lowest BCUT2D eigenvalue weighted by atomic mass is 10.2. The van der Waals surface area contributed by atoms with Gasteiger partial charge < -0.3 is 14.8 Å². The zero-order chi connectivity index (χ0) is 17.4. The second kappa shape index (κ2) is 8.67. The number of carbonyl (C=O) groups is 2. The lowest BCUT2D eigenvalue weighted by Crippen LogP contribution is -2.30. The Morgan fingerprint density at radius 2 is 1.71 bits per heavy atom. The van der Waals surface area contributed by atoms with Crippen LogP contribution in [0.4, 0.5) is 4.39 Å². The molecule has 0 atom stereocenters. The Bertz CT molecular complexity index is 683. The van der Waals surface area contributed by atoms with Crippen LogP contribution in [0, 0.1) is 5.82 Å². The summed E-state index contributed by atoms with van der Waals surface area (Å²) in [4.78, 5) is 23.6. The van der Waals surface area contributed by atoms with Crippen molar-refractivity contribution in [2.24, 2.45) is 0 Å². The van der Waals surface area contributed by atoms with Crippen LogP contribution in [0.2, 0.25) is 0 Å². The molecule has 0 bridgehead atoms. The highest BCUT2D eigenvalue weighted by Crippen LogP contribution is 2.12. The predicted molar refractivity (Wildman–Crippen MR) is 86.1 cm³/mol. The Balaban J connectivity index is 1.76. The highest BCUT2D eigenvalue weighted by Gasteiger charge is 2.09. The molecule has 2 aromatic carbocycles. The number of benzene rings is 2. The molecule has 24 heavy (non-hydrogen) atoms. The minimum atomic E-state index is -0.571. The van der Waals surface area contributed by atoms with Crippen LogP contribution < -0.4 is 10.1 Å². The maximum absolute atomic E-state index is 12.8. The zero-order valence-electron chi connectivity index (χ0n) is 13.3. The molecule has 1 N–H and O–H groups in total. The van der Waals surface area contributed by atoms with Crippen LogP contribution in [0.3, 0.4) is 0 Å². The van der Waals surface area contributed by atoms with Gasteiger partial charge in [0.1, 0.15) is 24.7 Å². The second-order valence-corrected chi connectivity index (χ2v) is 4.93. The quantitative estimate of drug-likeness (QED) is 0.792. The van der Waals surface area contributed by atoms with Crippen molar-refractivity contribution in [3.63, 3.8) is 0 Å². The van der Waals surface area contributed by atoms with Crippen molar-refractivity contribution in [3.8, 4) is 5.75 Å². The van der Waals surface area contributed by atoms with Crippen LogP contribution >= 0.6 is 0 Å². The van der Waals surface area contributed by atoms with Gasteiger partial charge in [-0.05, 0) is 48.9 Å². The van der Waals surface area contributed by atoms with E-state index in [1.165, 1.54) is 24.3 Å². The SMILES string of the molecule is CCOc1ccc(C(=O)NCC(=O)OCc2ccc(F)cc2)cc1. The standard InChI is InChI=1S/C18H18FNO4/c1-2-23-16-9-5-14(6-10-16)18(22)20-11-17(21)24-12-13-3-7-15(19)8-4-13/h3-10H,2,11-12H2,1H3,(H,20,22). The Morgan fingerprint density at radius 1 is 1.04 bits per heavy atom. The van der Waals surface area contributed by atoms with Crippen LogP contribution in [0.15, 0.2) is 48.5 Å². The number of rotatable bonds is 7. The van der Waals surface area contributed by atoms with Crippen molar-refractivity contribution in [1.29, 1.82) is 0 Å². The van der Waals surface area contributed by atoms with Crippen molar-refractivity contribution in [2.75, 3.05) is 13.2 Å². The fourth-order valence-electron chi connectivity index (χ4n) is 1.92. The fourth-order valence-corrected chi connectivity index (χ4v) is 1.92. The summed E-state index contributed by atoms with van der Waals surface area (Å²) in [5, 5.41) is 2.48. The molecule has 0 aliphatic carbocycles. The van der Waals surface area contributed by atoms with Gasteiger partial charge in [0.15, 0.2) is 0 Å². The van der Waals surface area contributed by atoms with Gasteiger partial charge in [0.25, 0.3) is 5.91 Å². The van der Waals surface area contributed by atoms with E-state index >= 15 is 0 Å². The van der Waals surface area contributed by atoms with E-state index in [4.69, 9.17) is 9.47 Å². The highest BCUT2D eigenvalue weighted by molar-refractivity contribution is 5.96. The van der Waals surface area contributed by atoms with Crippen LogP contribution in [0.5, 0.6) is 5.75 Å². The van der Waals surface area contributed by atoms with Crippen molar-refractivity contribution in [1.82, 2.24) is 5.32 Å². The summed E-state index contributed by atoms with van der Waals surface area (Å²) in [5.41, 5.74) is 1.09. The third kappa shape index (κ3) is 5.39. The third-order valence-corrected chi connectivity index (χ3v) is 3.13. The summed E-state index contributed by atoms with van der Waals surface area (Å²) < 4.78 is 23.1. The van der Waals surface area contributed by atoms with Crippen molar-refractivity contribution in [2.45, 2.75) is 13.5 Å². The summed E-state index contributed by atoms with van der Waals surface area (Å²) in [7, 11) is 0.